The molecule has 6 aromatic rings. The number of nitrogens with one attached hydrogen (secondary N) is 1. The number of hydrogen-bond donors (Lipinski definition) is 1. The minimum Gasteiger partial charge on any atom is -0.467 e. The summed E-state index contributed by atoms with van der Waals surface area (Å²) in [5, 5.41) is 6.89. The summed E-state index contributed by atoms with van der Waals surface area (Å²) in [5.74, 6) is -0.954. The number of imidazole rings is 1. The first kappa shape index (κ1) is 23.9. The van der Waals surface area contributed by atoms with Crippen molar-refractivity contribution in [2.75, 3.05) is 11.9 Å². The summed E-state index contributed by atoms with van der Waals surface area (Å²) in [6.45, 7) is 0.534. The number of rotatable bonds is 7. The predicted molar refractivity (Wildman–Crippen MR) is 144 cm³/mol. The summed E-state index contributed by atoms with van der Waals surface area (Å²) < 4.78 is 34.9. The number of amides is 2. The van der Waals surface area contributed by atoms with Gasteiger partial charge in [-0.15, -0.1) is 11.3 Å². The maximum atomic E-state index is 14.2. The van der Waals surface area contributed by atoms with Gasteiger partial charge in [-0.1, -0.05) is 36.4 Å². The maximum absolute atomic E-state index is 14.2. The lowest BCUT2D eigenvalue weighted by Gasteiger charge is -2.22. The topological polar surface area (TPSA) is 62.8 Å². The third kappa shape index (κ3) is 4.88. The molecule has 0 spiro atoms. The van der Waals surface area contributed by atoms with Gasteiger partial charge in [0.05, 0.1) is 24.2 Å². The van der Waals surface area contributed by atoms with Crippen LogP contribution in [0.2, 0.25) is 0 Å². The molecule has 0 aliphatic carbocycles. The summed E-state index contributed by atoms with van der Waals surface area (Å²) in [4.78, 5) is 20.3. The second-order valence-electron chi connectivity index (χ2n) is 8.87. The van der Waals surface area contributed by atoms with Crippen molar-refractivity contribution in [3.8, 4) is 11.3 Å². The van der Waals surface area contributed by atoms with Crippen molar-refractivity contribution in [2.45, 2.75) is 13.0 Å². The Morgan fingerprint density at radius 1 is 1.03 bits per heavy atom. The average Bonchev–Trinajstić information content (AvgIpc) is 3.66. The van der Waals surface area contributed by atoms with Crippen LogP contribution in [0.4, 0.5) is 19.3 Å². The largest absolute Gasteiger partial charge is 0.467 e. The van der Waals surface area contributed by atoms with Crippen LogP contribution >= 0.6 is 11.3 Å². The molecule has 6 nitrogen and oxygen atoms in total. The Hall–Kier alpha value is -4.50. The van der Waals surface area contributed by atoms with Gasteiger partial charge < -0.3 is 14.6 Å². The Labute approximate surface area is 220 Å². The summed E-state index contributed by atoms with van der Waals surface area (Å²) in [6.07, 6.45) is 4.08. The van der Waals surface area contributed by atoms with Crippen molar-refractivity contribution in [1.29, 1.82) is 0 Å². The van der Waals surface area contributed by atoms with E-state index in [0.717, 1.165) is 39.4 Å². The molecule has 0 fully saturated rings. The van der Waals surface area contributed by atoms with Gasteiger partial charge in [-0.2, -0.15) is 0 Å². The molecule has 0 radical (unpaired) electrons. The minimum atomic E-state index is -0.838. The molecule has 3 aromatic carbocycles. The van der Waals surface area contributed by atoms with E-state index >= 15 is 0 Å². The Morgan fingerprint density at radius 2 is 1.89 bits per heavy atom. The molecule has 0 unspecified atom stereocenters. The van der Waals surface area contributed by atoms with E-state index in [2.05, 4.69) is 35.6 Å². The van der Waals surface area contributed by atoms with E-state index in [9.17, 15) is 13.6 Å². The third-order valence-electron chi connectivity index (χ3n) is 6.35. The summed E-state index contributed by atoms with van der Waals surface area (Å²) in [6, 6.07) is 20.5. The predicted octanol–water partition coefficient (Wildman–Crippen LogP) is 7.36. The molecule has 0 aliphatic heterocycles. The lowest BCUT2D eigenvalue weighted by Crippen LogP contribution is -2.36. The number of halogens is 2. The van der Waals surface area contributed by atoms with Crippen LogP contribution in [0.3, 0.4) is 0 Å². The molecule has 3 aromatic heterocycles. The first-order valence-corrected chi connectivity index (χ1v) is 12.9. The van der Waals surface area contributed by atoms with Crippen LogP contribution in [-0.2, 0) is 13.0 Å². The molecule has 2 amide bonds. The molecule has 3 heterocycles. The van der Waals surface area contributed by atoms with Gasteiger partial charge in [0.2, 0.25) is 0 Å². The summed E-state index contributed by atoms with van der Waals surface area (Å²) in [5.41, 5.74) is 2.81. The van der Waals surface area contributed by atoms with E-state index in [1.54, 1.807) is 12.1 Å². The van der Waals surface area contributed by atoms with Gasteiger partial charge in [0.1, 0.15) is 17.4 Å². The lowest BCUT2D eigenvalue weighted by atomic mass is 10.1. The Kier molecular flexibility index (Phi) is 6.35. The van der Waals surface area contributed by atoms with E-state index < -0.39 is 17.7 Å². The molecule has 0 bridgehead atoms. The number of fused-ring (bicyclic) bond motifs is 2. The number of furan rings is 1. The van der Waals surface area contributed by atoms with Gasteiger partial charge >= 0.3 is 6.03 Å². The van der Waals surface area contributed by atoms with Crippen LogP contribution in [0.25, 0.3) is 27.0 Å². The van der Waals surface area contributed by atoms with Gasteiger partial charge in [0.25, 0.3) is 0 Å². The molecule has 1 N–H and O–H groups in total. The van der Waals surface area contributed by atoms with Crippen LogP contribution in [0, 0.1) is 11.6 Å². The SMILES string of the molecule is O=C(Nc1ccc(F)cc1F)N(CCc1csc2nc(-c3ccc4ccccc4c3)cn12)Cc1ccco1. The molecule has 38 heavy (non-hydrogen) atoms. The molecule has 190 valence electrons. The Balaban J connectivity index is 1.22. The van der Waals surface area contributed by atoms with Crippen molar-refractivity contribution in [1.82, 2.24) is 14.3 Å². The van der Waals surface area contributed by atoms with Crippen molar-refractivity contribution in [2.24, 2.45) is 0 Å². The highest BCUT2D eigenvalue weighted by Crippen LogP contribution is 2.27. The quantitative estimate of drug-likeness (QED) is 0.235. The van der Waals surface area contributed by atoms with E-state index in [-0.39, 0.29) is 12.2 Å². The van der Waals surface area contributed by atoms with Crippen molar-refractivity contribution in [3.05, 3.63) is 114 Å². The highest BCUT2D eigenvalue weighted by atomic mass is 32.1. The number of benzene rings is 3. The highest BCUT2D eigenvalue weighted by molar-refractivity contribution is 7.15. The smallest absolute Gasteiger partial charge is 0.322 e. The molecule has 0 aliphatic rings. The van der Waals surface area contributed by atoms with Crippen LogP contribution in [0.1, 0.15) is 11.5 Å². The third-order valence-corrected chi connectivity index (χ3v) is 7.24. The van der Waals surface area contributed by atoms with Crippen LogP contribution < -0.4 is 5.32 Å². The van der Waals surface area contributed by atoms with Crippen molar-refractivity contribution < 1.29 is 18.0 Å². The van der Waals surface area contributed by atoms with Crippen LogP contribution in [0.15, 0.2) is 95.1 Å². The Morgan fingerprint density at radius 3 is 2.71 bits per heavy atom. The fourth-order valence-corrected chi connectivity index (χ4v) is 5.28. The van der Waals surface area contributed by atoms with Crippen molar-refractivity contribution >= 4 is 38.8 Å². The number of nitrogens with zero attached hydrogens (tertiary/aromatic N) is 3. The molecule has 0 saturated heterocycles. The summed E-state index contributed by atoms with van der Waals surface area (Å²) >= 11 is 1.53. The zero-order valence-corrected chi connectivity index (χ0v) is 20.9. The Bertz CT molecular complexity index is 1740. The minimum absolute atomic E-state index is 0.0894. The first-order chi connectivity index (χ1) is 18.5. The zero-order valence-electron chi connectivity index (χ0n) is 20.1. The van der Waals surface area contributed by atoms with E-state index in [1.807, 2.05) is 28.1 Å². The fraction of sp³-hybridized carbons (Fsp3) is 0.103. The monoisotopic (exact) mass is 528 g/mol. The normalized spacial score (nSPS) is 11.3. The molecule has 9 heteroatoms. The lowest BCUT2D eigenvalue weighted by molar-refractivity contribution is 0.204. The van der Waals surface area contributed by atoms with Crippen LogP contribution in [-0.4, -0.2) is 26.9 Å². The number of anilines is 1. The second kappa shape index (κ2) is 10.1. The first-order valence-electron chi connectivity index (χ1n) is 12.0. The molecular weight excluding hydrogens is 506 g/mol. The van der Waals surface area contributed by atoms with Crippen LogP contribution in [0.5, 0.6) is 0 Å². The van der Waals surface area contributed by atoms with E-state index in [1.165, 1.54) is 34.0 Å². The van der Waals surface area contributed by atoms with Gasteiger partial charge in [0, 0.05) is 41.9 Å². The van der Waals surface area contributed by atoms with E-state index in [4.69, 9.17) is 9.40 Å². The van der Waals surface area contributed by atoms with Gasteiger partial charge in [-0.25, -0.2) is 18.6 Å². The summed E-state index contributed by atoms with van der Waals surface area (Å²) in [7, 11) is 0. The zero-order chi connectivity index (χ0) is 26.1. The molecule has 0 saturated carbocycles. The number of urea groups is 1. The second-order valence-corrected chi connectivity index (χ2v) is 9.71. The number of carbonyl (C=O) groups excluding carboxylic acids is 1. The maximum Gasteiger partial charge on any atom is 0.322 e. The fourth-order valence-electron chi connectivity index (χ4n) is 4.37. The van der Waals surface area contributed by atoms with Gasteiger partial charge in [0.15, 0.2) is 4.96 Å². The number of hydrogen-bond acceptors (Lipinski definition) is 4. The van der Waals surface area contributed by atoms with Gasteiger partial charge in [-0.05, 0) is 41.1 Å². The molecule has 0 atom stereocenters. The molecular formula is C29H22F2N4O2S. The van der Waals surface area contributed by atoms with E-state index in [0.29, 0.717) is 18.7 Å². The number of thiazole rings is 1. The van der Waals surface area contributed by atoms with Gasteiger partial charge in [-0.3, -0.25) is 4.40 Å². The number of aromatic nitrogens is 2. The standard InChI is InChI=1S/C29H22F2N4O2S/c30-22-9-10-26(25(31)15-22)32-28(36)34(16-24-6-3-13-37-24)12-11-23-18-38-29-33-27(17-35(23)29)21-8-7-19-4-1-2-5-20(19)14-21/h1-10,13-15,17-18H,11-12,16H2,(H,32,36). The van der Waals surface area contributed by atoms with Crippen molar-refractivity contribution in [3.63, 3.8) is 0 Å². The average molecular weight is 529 g/mol. The number of carbonyl (C=O) groups is 1. The highest BCUT2D eigenvalue weighted by Gasteiger charge is 2.19. The molecule has 6 rings (SSSR count).